The molecular weight excluding hydrogens is 226 g/mol. The number of rotatable bonds is 4. The van der Waals surface area contributed by atoms with Gasteiger partial charge >= 0.3 is 0 Å². The van der Waals surface area contributed by atoms with Gasteiger partial charge in [-0.2, -0.15) is 0 Å². The van der Waals surface area contributed by atoms with E-state index in [0.717, 1.165) is 22.8 Å². The number of hydrogen-bond donors (Lipinski definition) is 1. The zero-order valence-electron chi connectivity index (χ0n) is 10.6. The highest BCUT2D eigenvalue weighted by Gasteiger charge is 2.01. The number of hydrogen-bond acceptors (Lipinski definition) is 3. The summed E-state index contributed by atoms with van der Waals surface area (Å²) in [5, 5.41) is 0. The molecule has 0 fully saturated rings. The van der Waals surface area contributed by atoms with Crippen molar-refractivity contribution in [1.82, 2.24) is 0 Å². The van der Waals surface area contributed by atoms with E-state index in [-0.39, 0.29) is 6.04 Å². The topological polar surface area (TPSA) is 44.5 Å². The fourth-order valence-corrected chi connectivity index (χ4v) is 1.62. The van der Waals surface area contributed by atoms with Crippen molar-refractivity contribution in [2.75, 3.05) is 7.11 Å². The fraction of sp³-hybridized carbons (Fsp3) is 0.200. The Bertz CT molecular complexity index is 489. The minimum atomic E-state index is 0.0417. The highest BCUT2D eigenvalue weighted by Crippen LogP contribution is 2.24. The first-order valence-electron chi connectivity index (χ1n) is 5.86. The second-order valence-corrected chi connectivity index (χ2v) is 4.14. The van der Waals surface area contributed by atoms with Crippen molar-refractivity contribution in [3.63, 3.8) is 0 Å². The zero-order chi connectivity index (χ0) is 13.0. The summed E-state index contributed by atoms with van der Waals surface area (Å²) in [5.74, 6) is 2.39. The number of nitrogens with two attached hydrogens (primary N) is 1. The van der Waals surface area contributed by atoms with Gasteiger partial charge in [0.1, 0.15) is 17.2 Å². The van der Waals surface area contributed by atoms with Gasteiger partial charge in [0.25, 0.3) is 0 Å². The van der Waals surface area contributed by atoms with Crippen LogP contribution in [0.2, 0.25) is 0 Å². The summed E-state index contributed by atoms with van der Waals surface area (Å²) in [7, 11) is 1.64. The standard InChI is InChI=1S/C15H17NO2/c1-11(16)12-3-5-14(6-4-12)18-15-9-7-13(17-2)8-10-15/h3-11H,16H2,1-2H3/t11-/m0/s1. The lowest BCUT2D eigenvalue weighted by molar-refractivity contribution is 0.413. The lowest BCUT2D eigenvalue weighted by atomic mass is 10.1. The van der Waals surface area contributed by atoms with Crippen molar-refractivity contribution >= 4 is 0 Å². The predicted octanol–water partition coefficient (Wildman–Crippen LogP) is 3.51. The zero-order valence-corrected chi connectivity index (χ0v) is 10.6. The molecule has 94 valence electrons. The molecule has 3 nitrogen and oxygen atoms in total. The summed E-state index contributed by atoms with van der Waals surface area (Å²) >= 11 is 0. The molecule has 0 radical (unpaired) electrons. The van der Waals surface area contributed by atoms with Crippen molar-refractivity contribution in [1.29, 1.82) is 0 Å². The van der Waals surface area contributed by atoms with Crippen LogP contribution in [0.15, 0.2) is 48.5 Å². The van der Waals surface area contributed by atoms with E-state index in [1.54, 1.807) is 7.11 Å². The third kappa shape index (κ3) is 3.02. The molecule has 3 heteroatoms. The van der Waals surface area contributed by atoms with E-state index in [2.05, 4.69) is 0 Å². The fourth-order valence-electron chi connectivity index (χ4n) is 1.62. The smallest absolute Gasteiger partial charge is 0.127 e. The van der Waals surface area contributed by atoms with E-state index < -0.39 is 0 Å². The molecule has 0 saturated carbocycles. The Balaban J connectivity index is 2.08. The number of ether oxygens (including phenoxy) is 2. The largest absolute Gasteiger partial charge is 0.497 e. The van der Waals surface area contributed by atoms with Crippen molar-refractivity contribution in [3.05, 3.63) is 54.1 Å². The maximum atomic E-state index is 5.79. The van der Waals surface area contributed by atoms with Crippen molar-refractivity contribution in [3.8, 4) is 17.2 Å². The minimum absolute atomic E-state index is 0.0417. The van der Waals surface area contributed by atoms with Gasteiger partial charge in [-0.25, -0.2) is 0 Å². The molecule has 2 N–H and O–H groups in total. The summed E-state index contributed by atoms with van der Waals surface area (Å²) in [6, 6.07) is 15.3. The van der Waals surface area contributed by atoms with Crippen molar-refractivity contribution in [2.45, 2.75) is 13.0 Å². The molecule has 0 heterocycles. The molecule has 0 amide bonds. The summed E-state index contributed by atoms with van der Waals surface area (Å²) in [4.78, 5) is 0. The van der Waals surface area contributed by atoms with Crippen LogP contribution in [0, 0.1) is 0 Å². The third-order valence-electron chi connectivity index (χ3n) is 2.70. The predicted molar refractivity (Wildman–Crippen MR) is 72.1 cm³/mol. The molecule has 2 rings (SSSR count). The van der Waals surface area contributed by atoms with E-state index >= 15 is 0 Å². The van der Waals surface area contributed by atoms with Gasteiger partial charge in [0.2, 0.25) is 0 Å². The average molecular weight is 243 g/mol. The number of methoxy groups -OCH3 is 1. The normalized spacial score (nSPS) is 11.9. The van der Waals surface area contributed by atoms with E-state index in [4.69, 9.17) is 15.2 Å². The molecule has 0 unspecified atom stereocenters. The molecule has 0 spiro atoms. The quantitative estimate of drug-likeness (QED) is 0.893. The van der Waals surface area contributed by atoms with E-state index in [1.807, 2.05) is 55.5 Å². The van der Waals surface area contributed by atoms with Crippen LogP contribution in [0.3, 0.4) is 0 Å². The molecule has 2 aromatic rings. The summed E-state index contributed by atoms with van der Waals surface area (Å²) in [5.41, 5.74) is 6.89. The monoisotopic (exact) mass is 243 g/mol. The van der Waals surface area contributed by atoms with Crippen LogP contribution >= 0.6 is 0 Å². The van der Waals surface area contributed by atoms with Crippen molar-refractivity contribution < 1.29 is 9.47 Å². The van der Waals surface area contributed by atoms with Gasteiger partial charge in [0, 0.05) is 6.04 Å². The summed E-state index contributed by atoms with van der Waals surface area (Å²) in [6.07, 6.45) is 0. The van der Waals surface area contributed by atoms with Crippen LogP contribution < -0.4 is 15.2 Å². The van der Waals surface area contributed by atoms with Crippen LogP contribution in [-0.4, -0.2) is 7.11 Å². The van der Waals surface area contributed by atoms with Gasteiger partial charge in [-0.3, -0.25) is 0 Å². The van der Waals surface area contributed by atoms with Gasteiger partial charge < -0.3 is 15.2 Å². The molecule has 2 aromatic carbocycles. The Labute approximate surface area is 107 Å². The molecule has 0 aromatic heterocycles. The SMILES string of the molecule is COc1ccc(Oc2ccc([C@H](C)N)cc2)cc1. The average Bonchev–Trinajstić information content (AvgIpc) is 2.40. The van der Waals surface area contributed by atoms with Crippen LogP contribution in [-0.2, 0) is 0 Å². The first-order chi connectivity index (χ1) is 8.69. The molecular formula is C15H17NO2. The molecule has 18 heavy (non-hydrogen) atoms. The molecule has 0 saturated heterocycles. The van der Waals surface area contributed by atoms with Crippen LogP contribution in [0.25, 0.3) is 0 Å². The van der Waals surface area contributed by atoms with E-state index in [0.29, 0.717) is 0 Å². The first-order valence-corrected chi connectivity index (χ1v) is 5.86. The van der Waals surface area contributed by atoms with E-state index in [9.17, 15) is 0 Å². The van der Waals surface area contributed by atoms with Crippen LogP contribution in [0.4, 0.5) is 0 Å². The summed E-state index contributed by atoms with van der Waals surface area (Å²) in [6.45, 7) is 1.96. The van der Waals surface area contributed by atoms with Gasteiger partial charge in [-0.1, -0.05) is 12.1 Å². The highest BCUT2D eigenvalue weighted by molar-refractivity contribution is 5.36. The Morgan fingerprint density at radius 2 is 1.28 bits per heavy atom. The Kier molecular flexibility index (Phi) is 3.85. The molecule has 1 atom stereocenters. The van der Waals surface area contributed by atoms with Crippen molar-refractivity contribution in [2.24, 2.45) is 5.73 Å². The molecule has 0 aliphatic rings. The molecule has 0 aliphatic heterocycles. The van der Waals surface area contributed by atoms with Crippen LogP contribution in [0.5, 0.6) is 17.2 Å². The Morgan fingerprint density at radius 3 is 1.72 bits per heavy atom. The van der Waals surface area contributed by atoms with Gasteiger partial charge in [-0.05, 0) is 48.9 Å². The van der Waals surface area contributed by atoms with Gasteiger partial charge in [0.15, 0.2) is 0 Å². The minimum Gasteiger partial charge on any atom is -0.497 e. The first kappa shape index (κ1) is 12.5. The summed E-state index contributed by atoms with van der Waals surface area (Å²) < 4.78 is 10.8. The maximum Gasteiger partial charge on any atom is 0.127 e. The maximum absolute atomic E-state index is 5.79. The molecule has 0 aliphatic carbocycles. The van der Waals surface area contributed by atoms with Gasteiger partial charge in [-0.15, -0.1) is 0 Å². The van der Waals surface area contributed by atoms with E-state index in [1.165, 1.54) is 0 Å². The lowest BCUT2D eigenvalue weighted by Crippen LogP contribution is -2.04. The second kappa shape index (κ2) is 5.56. The number of benzene rings is 2. The molecule has 0 bridgehead atoms. The highest BCUT2D eigenvalue weighted by atomic mass is 16.5. The van der Waals surface area contributed by atoms with Crippen LogP contribution in [0.1, 0.15) is 18.5 Å². The lowest BCUT2D eigenvalue weighted by Gasteiger charge is -2.09. The Hall–Kier alpha value is -2.00. The van der Waals surface area contributed by atoms with Gasteiger partial charge in [0.05, 0.1) is 7.11 Å². The third-order valence-corrected chi connectivity index (χ3v) is 2.70. The second-order valence-electron chi connectivity index (χ2n) is 4.14. The Morgan fingerprint density at radius 1 is 0.833 bits per heavy atom.